The van der Waals surface area contributed by atoms with E-state index in [-0.39, 0.29) is 24.3 Å². The van der Waals surface area contributed by atoms with E-state index in [4.69, 9.17) is 14.6 Å². The summed E-state index contributed by atoms with van der Waals surface area (Å²) in [6.45, 7) is 9.36. The van der Waals surface area contributed by atoms with Crippen molar-refractivity contribution in [3.05, 3.63) is 88.9 Å². The van der Waals surface area contributed by atoms with Crippen LogP contribution in [-0.4, -0.2) is 39.9 Å². The van der Waals surface area contributed by atoms with Crippen molar-refractivity contribution in [3.8, 4) is 28.1 Å². The van der Waals surface area contributed by atoms with Crippen molar-refractivity contribution in [1.29, 1.82) is 0 Å². The van der Waals surface area contributed by atoms with Crippen molar-refractivity contribution in [2.45, 2.75) is 34.6 Å². The number of aromatic nitrogens is 3. The molecule has 4 aromatic rings. The Morgan fingerprint density at radius 1 is 0.806 bits per heavy atom. The molecule has 2 aromatic carbocycles. The molecule has 0 bridgehead atoms. The van der Waals surface area contributed by atoms with Crippen LogP contribution in [0.5, 0.6) is 0 Å². The molecule has 0 amide bonds. The maximum absolute atomic E-state index is 13.2. The number of aryl methyl sites for hydroxylation is 3. The highest BCUT2D eigenvalue weighted by molar-refractivity contribution is 6.08. The van der Waals surface area contributed by atoms with Gasteiger partial charge in [-0.2, -0.15) is 5.10 Å². The smallest absolute Gasteiger partial charge is 0.340 e. The summed E-state index contributed by atoms with van der Waals surface area (Å²) in [4.78, 5) is 31.0. The Morgan fingerprint density at radius 2 is 1.36 bits per heavy atom. The Labute approximate surface area is 210 Å². The Balaban J connectivity index is 2.11. The summed E-state index contributed by atoms with van der Waals surface area (Å²) in [6, 6.07) is 17.6. The number of hydrogen-bond acceptors (Lipinski definition) is 6. The zero-order valence-electron chi connectivity index (χ0n) is 21.2. The van der Waals surface area contributed by atoms with Crippen molar-refractivity contribution in [1.82, 2.24) is 14.8 Å². The second-order valence-corrected chi connectivity index (χ2v) is 8.39. The maximum Gasteiger partial charge on any atom is 0.340 e. The number of para-hydroxylation sites is 1. The molecule has 4 rings (SSSR count). The van der Waals surface area contributed by atoms with E-state index in [1.165, 1.54) is 0 Å². The summed E-state index contributed by atoms with van der Waals surface area (Å²) < 4.78 is 12.5. The first-order valence-corrected chi connectivity index (χ1v) is 11.9. The quantitative estimate of drug-likeness (QED) is 0.305. The first kappa shape index (κ1) is 24.9. The highest BCUT2D eigenvalue weighted by Gasteiger charge is 2.30. The third-order valence-electron chi connectivity index (χ3n) is 5.85. The van der Waals surface area contributed by atoms with Gasteiger partial charge < -0.3 is 9.47 Å². The van der Waals surface area contributed by atoms with Gasteiger partial charge in [-0.15, -0.1) is 0 Å². The molecule has 0 spiro atoms. The van der Waals surface area contributed by atoms with Gasteiger partial charge in [-0.1, -0.05) is 48.0 Å². The van der Waals surface area contributed by atoms with E-state index in [0.29, 0.717) is 28.2 Å². The summed E-state index contributed by atoms with van der Waals surface area (Å²) >= 11 is 0. The van der Waals surface area contributed by atoms with Crippen LogP contribution in [0, 0.1) is 20.8 Å². The minimum absolute atomic E-state index is 0.189. The van der Waals surface area contributed by atoms with Crippen LogP contribution in [0.25, 0.3) is 28.1 Å². The molecule has 0 fully saturated rings. The minimum Gasteiger partial charge on any atom is -0.462 e. The molecule has 0 saturated carbocycles. The molecule has 36 heavy (non-hydrogen) atoms. The molecule has 0 atom stereocenters. The molecule has 0 N–H and O–H groups in total. The largest absolute Gasteiger partial charge is 0.462 e. The molecule has 0 radical (unpaired) electrons. The van der Waals surface area contributed by atoms with Crippen LogP contribution in [0.4, 0.5) is 0 Å². The topological polar surface area (TPSA) is 83.3 Å². The van der Waals surface area contributed by atoms with Crippen LogP contribution in [0.2, 0.25) is 0 Å². The van der Waals surface area contributed by atoms with Gasteiger partial charge in [-0.3, -0.25) is 4.98 Å². The number of esters is 2. The number of carbonyl (C=O) groups is 2. The average molecular weight is 484 g/mol. The molecule has 0 unspecified atom stereocenters. The number of pyridine rings is 1. The minimum atomic E-state index is -0.551. The molecular formula is C29H29N3O4. The number of carbonyl (C=O) groups excluding carboxylic acids is 2. The maximum atomic E-state index is 13.2. The van der Waals surface area contributed by atoms with Gasteiger partial charge in [-0.05, 0) is 46.8 Å². The first-order chi connectivity index (χ1) is 17.3. The van der Waals surface area contributed by atoms with E-state index < -0.39 is 11.9 Å². The fourth-order valence-electron chi connectivity index (χ4n) is 4.22. The lowest BCUT2D eigenvalue weighted by molar-refractivity contribution is 0.0525. The average Bonchev–Trinajstić information content (AvgIpc) is 3.30. The number of rotatable bonds is 7. The fraction of sp³-hybridized carbons (Fsp3) is 0.241. The van der Waals surface area contributed by atoms with E-state index in [1.807, 2.05) is 67.7 Å². The molecular weight excluding hydrogens is 454 g/mol. The van der Waals surface area contributed by atoms with Gasteiger partial charge in [0.1, 0.15) is 5.69 Å². The Bertz CT molecular complexity index is 1360. The highest BCUT2D eigenvalue weighted by Crippen LogP contribution is 2.39. The second kappa shape index (κ2) is 10.6. The first-order valence-electron chi connectivity index (χ1n) is 11.9. The second-order valence-electron chi connectivity index (χ2n) is 8.39. The molecule has 7 nitrogen and oxygen atoms in total. The highest BCUT2D eigenvalue weighted by atomic mass is 16.5. The standard InChI is InChI=1S/C29H29N3O4/c1-6-35-28(33)24-19(4)30-20(5)25(29(34)36-7-2)26(24)23-17-32(22-11-9-8-10-12-22)31-27(23)21-15-13-18(3)14-16-21/h8-17H,6-7H2,1-5H3. The summed E-state index contributed by atoms with van der Waals surface area (Å²) in [5, 5.41) is 4.90. The third-order valence-corrected chi connectivity index (χ3v) is 5.85. The molecule has 0 aliphatic carbocycles. The predicted molar refractivity (Wildman–Crippen MR) is 138 cm³/mol. The van der Waals surface area contributed by atoms with Crippen LogP contribution in [0.15, 0.2) is 60.8 Å². The summed E-state index contributed by atoms with van der Waals surface area (Å²) in [5.41, 5.74) is 5.84. The van der Waals surface area contributed by atoms with E-state index in [9.17, 15) is 9.59 Å². The molecule has 2 heterocycles. The molecule has 0 aliphatic heterocycles. The zero-order chi connectivity index (χ0) is 25.8. The van der Waals surface area contributed by atoms with Gasteiger partial charge in [0.15, 0.2) is 0 Å². The Morgan fingerprint density at radius 3 is 1.89 bits per heavy atom. The molecule has 184 valence electrons. The van der Waals surface area contributed by atoms with Gasteiger partial charge in [-0.25, -0.2) is 14.3 Å². The van der Waals surface area contributed by atoms with Gasteiger partial charge in [0.25, 0.3) is 0 Å². The molecule has 0 aliphatic rings. The van der Waals surface area contributed by atoms with Gasteiger partial charge in [0, 0.05) is 22.9 Å². The van der Waals surface area contributed by atoms with E-state index in [0.717, 1.165) is 16.8 Å². The number of hydrogen-bond donors (Lipinski definition) is 0. The Kier molecular flexibility index (Phi) is 7.29. The van der Waals surface area contributed by atoms with Crippen molar-refractivity contribution in [2.24, 2.45) is 0 Å². The summed E-state index contributed by atoms with van der Waals surface area (Å²) in [5.74, 6) is -1.10. The van der Waals surface area contributed by atoms with E-state index >= 15 is 0 Å². The molecule has 2 aromatic heterocycles. The summed E-state index contributed by atoms with van der Waals surface area (Å²) in [6.07, 6.45) is 1.84. The van der Waals surface area contributed by atoms with Gasteiger partial charge in [0.05, 0.1) is 41.4 Å². The van der Waals surface area contributed by atoms with Crippen LogP contribution < -0.4 is 0 Å². The zero-order valence-corrected chi connectivity index (χ0v) is 21.2. The predicted octanol–water partition coefficient (Wildman–Crippen LogP) is 5.88. The summed E-state index contributed by atoms with van der Waals surface area (Å²) in [7, 11) is 0. The van der Waals surface area contributed by atoms with Crippen molar-refractivity contribution >= 4 is 11.9 Å². The lowest BCUT2D eigenvalue weighted by Crippen LogP contribution is -2.17. The van der Waals surface area contributed by atoms with Gasteiger partial charge in [0.2, 0.25) is 0 Å². The van der Waals surface area contributed by atoms with Crippen LogP contribution in [0.3, 0.4) is 0 Å². The van der Waals surface area contributed by atoms with E-state index in [1.54, 1.807) is 32.4 Å². The Hall–Kier alpha value is -4.26. The van der Waals surface area contributed by atoms with Gasteiger partial charge >= 0.3 is 11.9 Å². The van der Waals surface area contributed by atoms with Crippen molar-refractivity contribution in [3.63, 3.8) is 0 Å². The molecule has 0 saturated heterocycles. The van der Waals surface area contributed by atoms with Crippen LogP contribution >= 0.6 is 0 Å². The normalized spacial score (nSPS) is 10.8. The van der Waals surface area contributed by atoms with Crippen LogP contribution in [0.1, 0.15) is 51.5 Å². The monoisotopic (exact) mass is 483 g/mol. The van der Waals surface area contributed by atoms with E-state index in [2.05, 4.69) is 4.98 Å². The lowest BCUT2D eigenvalue weighted by atomic mass is 9.91. The van der Waals surface area contributed by atoms with Crippen molar-refractivity contribution < 1.29 is 19.1 Å². The SMILES string of the molecule is CCOC(=O)c1c(C)nc(C)c(C(=O)OCC)c1-c1cn(-c2ccccc2)nc1-c1ccc(C)cc1. The number of benzene rings is 2. The lowest BCUT2D eigenvalue weighted by Gasteiger charge is -2.17. The van der Waals surface area contributed by atoms with Crippen LogP contribution in [-0.2, 0) is 9.47 Å². The fourth-order valence-corrected chi connectivity index (χ4v) is 4.22. The number of nitrogens with zero attached hydrogens (tertiary/aromatic N) is 3. The third kappa shape index (κ3) is 4.77. The van der Waals surface area contributed by atoms with Crippen molar-refractivity contribution in [2.75, 3.05) is 13.2 Å². The molecule has 7 heteroatoms. The number of ether oxygens (including phenoxy) is 2.